The Morgan fingerprint density at radius 3 is 2.71 bits per heavy atom. The van der Waals surface area contributed by atoms with Crippen LogP contribution < -0.4 is 5.32 Å². The summed E-state index contributed by atoms with van der Waals surface area (Å²) in [6.45, 7) is 7.47. The second kappa shape index (κ2) is 9.03. The lowest BCUT2D eigenvalue weighted by Crippen LogP contribution is -2.65. The van der Waals surface area contributed by atoms with Crippen molar-refractivity contribution in [3.8, 4) is 0 Å². The Morgan fingerprint density at radius 1 is 1.23 bits per heavy atom. The van der Waals surface area contributed by atoms with Crippen LogP contribution in [0.4, 0.5) is 0 Å². The predicted molar refractivity (Wildman–Crippen MR) is 122 cm³/mol. The number of carbonyl (C=O) groups excluding carboxylic acids is 2. The van der Waals surface area contributed by atoms with Gasteiger partial charge in [-0.1, -0.05) is 37.5 Å². The lowest BCUT2D eigenvalue weighted by atomic mass is 9.91. The summed E-state index contributed by atoms with van der Waals surface area (Å²) in [5.41, 5.74) is 0.737. The molecule has 0 spiro atoms. The maximum atomic E-state index is 13.6. The number of rotatable bonds is 7. The van der Waals surface area contributed by atoms with Gasteiger partial charge in [0.05, 0.1) is 12.6 Å². The van der Waals surface area contributed by atoms with E-state index in [1.807, 2.05) is 55.7 Å². The molecule has 168 valence electrons. The third kappa shape index (κ3) is 4.36. The zero-order chi connectivity index (χ0) is 22.0. The van der Waals surface area contributed by atoms with Crippen LogP contribution >= 0.6 is 0 Å². The highest BCUT2D eigenvalue weighted by Crippen LogP contribution is 2.33. The van der Waals surface area contributed by atoms with E-state index in [0.717, 1.165) is 36.6 Å². The van der Waals surface area contributed by atoms with Crippen molar-refractivity contribution in [2.45, 2.75) is 83.5 Å². The zero-order valence-electron chi connectivity index (χ0n) is 19.0. The molecule has 2 heterocycles. The topological polar surface area (TPSA) is 63.6 Å². The molecule has 1 aliphatic heterocycles. The third-order valence-corrected chi connectivity index (χ3v) is 6.74. The lowest BCUT2D eigenvalue weighted by molar-refractivity contribution is -0.134. The Balaban J connectivity index is 1.63. The summed E-state index contributed by atoms with van der Waals surface area (Å²) in [7, 11) is 0. The second-order valence-electron chi connectivity index (χ2n) is 9.49. The van der Waals surface area contributed by atoms with Crippen LogP contribution in [0.15, 0.2) is 30.3 Å². The predicted octanol–water partition coefficient (Wildman–Crippen LogP) is 4.12. The van der Waals surface area contributed by atoms with Crippen molar-refractivity contribution >= 4 is 22.7 Å². The van der Waals surface area contributed by atoms with Gasteiger partial charge in [0, 0.05) is 30.1 Å². The zero-order valence-corrected chi connectivity index (χ0v) is 19.0. The van der Waals surface area contributed by atoms with Crippen LogP contribution in [0, 0.1) is 0 Å². The highest BCUT2D eigenvalue weighted by atomic mass is 16.5. The fourth-order valence-electron chi connectivity index (χ4n) is 4.99. The molecule has 2 aliphatic rings. The molecule has 0 saturated heterocycles. The van der Waals surface area contributed by atoms with Crippen LogP contribution in [0.25, 0.3) is 10.9 Å². The van der Waals surface area contributed by atoms with Crippen LogP contribution in [0.2, 0.25) is 0 Å². The molecule has 1 fully saturated rings. The highest BCUT2D eigenvalue weighted by molar-refractivity contribution is 6.03. The second-order valence-corrected chi connectivity index (χ2v) is 9.49. The lowest BCUT2D eigenvalue weighted by Gasteiger charge is -2.45. The summed E-state index contributed by atoms with van der Waals surface area (Å²) in [6.07, 6.45) is 6.46. The molecule has 1 aliphatic carbocycles. The minimum absolute atomic E-state index is 0.0408. The van der Waals surface area contributed by atoms with Crippen molar-refractivity contribution in [2.24, 2.45) is 0 Å². The number of para-hydroxylation sites is 1. The first-order valence-electron chi connectivity index (χ1n) is 11.7. The molecule has 1 N–H and O–H groups in total. The number of carbonyl (C=O) groups is 2. The molecule has 0 radical (unpaired) electrons. The summed E-state index contributed by atoms with van der Waals surface area (Å²) >= 11 is 0. The van der Waals surface area contributed by atoms with E-state index >= 15 is 0 Å². The van der Waals surface area contributed by atoms with E-state index in [0.29, 0.717) is 31.8 Å². The Morgan fingerprint density at radius 2 is 1.97 bits per heavy atom. The van der Waals surface area contributed by atoms with E-state index in [2.05, 4.69) is 5.32 Å². The van der Waals surface area contributed by atoms with E-state index in [4.69, 9.17) is 4.74 Å². The van der Waals surface area contributed by atoms with E-state index in [9.17, 15) is 9.59 Å². The number of amides is 2. The SMILES string of the molecule is CC(C)OCCCN1C(=O)c2cc3ccccc3n2C[C@@]1(C)C(=O)NC1CCCCC1. The number of nitrogens with zero attached hydrogens (tertiary/aromatic N) is 2. The van der Waals surface area contributed by atoms with Crippen LogP contribution in [-0.2, 0) is 16.1 Å². The molecule has 31 heavy (non-hydrogen) atoms. The molecule has 0 unspecified atom stereocenters. The summed E-state index contributed by atoms with van der Waals surface area (Å²) < 4.78 is 7.72. The van der Waals surface area contributed by atoms with Crippen molar-refractivity contribution in [3.63, 3.8) is 0 Å². The first kappa shape index (κ1) is 21.9. The minimum atomic E-state index is -0.929. The molecule has 1 aromatic carbocycles. The Labute approximate surface area is 184 Å². The third-order valence-electron chi connectivity index (χ3n) is 6.74. The van der Waals surface area contributed by atoms with E-state index in [-0.39, 0.29) is 24.0 Å². The normalized spacial score (nSPS) is 22.2. The number of nitrogens with one attached hydrogen (secondary N) is 1. The maximum Gasteiger partial charge on any atom is 0.271 e. The van der Waals surface area contributed by atoms with Gasteiger partial charge in [0.15, 0.2) is 0 Å². The average molecular weight is 426 g/mol. The smallest absolute Gasteiger partial charge is 0.271 e. The van der Waals surface area contributed by atoms with E-state index in [1.165, 1.54) is 6.42 Å². The average Bonchev–Trinajstić information content (AvgIpc) is 3.12. The molecule has 2 amide bonds. The van der Waals surface area contributed by atoms with E-state index < -0.39 is 5.54 Å². The van der Waals surface area contributed by atoms with Gasteiger partial charge < -0.3 is 19.5 Å². The van der Waals surface area contributed by atoms with Crippen molar-refractivity contribution in [1.29, 1.82) is 0 Å². The van der Waals surface area contributed by atoms with Gasteiger partial charge in [-0.3, -0.25) is 9.59 Å². The summed E-state index contributed by atoms with van der Waals surface area (Å²) in [6, 6.07) is 10.2. The van der Waals surface area contributed by atoms with Crippen LogP contribution in [0.1, 0.15) is 69.8 Å². The highest BCUT2D eigenvalue weighted by Gasteiger charge is 2.47. The number of benzene rings is 1. The molecule has 6 heteroatoms. The molecule has 1 saturated carbocycles. The van der Waals surface area contributed by atoms with E-state index in [1.54, 1.807) is 4.90 Å². The van der Waals surface area contributed by atoms with Crippen molar-refractivity contribution < 1.29 is 14.3 Å². The number of hydrogen-bond acceptors (Lipinski definition) is 3. The molecular formula is C25H35N3O3. The van der Waals surface area contributed by atoms with Crippen LogP contribution in [-0.4, -0.2) is 52.1 Å². The maximum absolute atomic E-state index is 13.6. The minimum Gasteiger partial charge on any atom is -0.379 e. The van der Waals surface area contributed by atoms with Crippen LogP contribution in [0.5, 0.6) is 0 Å². The van der Waals surface area contributed by atoms with Gasteiger partial charge in [-0.25, -0.2) is 0 Å². The first-order chi connectivity index (χ1) is 14.9. The fourth-order valence-corrected chi connectivity index (χ4v) is 4.99. The Bertz CT molecular complexity index is 945. The molecule has 1 aromatic heterocycles. The number of fused-ring (bicyclic) bond motifs is 3. The standard InChI is InChI=1S/C25H35N3O3/c1-18(2)31-15-9-14-28-23(29)22-16-19-10-7-8-13-21(19)27(22)17-25(28,3)24(30)26-20-11-5-4-6-12-20/h7-8,10,13,16,18,20H,4-6,9,11-12,14-15,17H2,1-3H3,(H,26,30)/t25-/m0/s1. The van der Waals surface area contributed by atoms with Gasteiger partial charge in [-0.15, -0.1) is 0 Å². The van der Waals surface area contributed by atoms with Crippen molar-refractivity contribution in [3.05, 3.63) is 36.0 Å². The molecule has 4 rings (SSSR count). The van der Waals surface area contributed by atoms with Crippen LogP contribution in [0.3, 0.4) is 0 Å². The molecule has 6 nitrogen and oxygen atoms in total. The van der Waals surface area contributed by atoms with Gasteiger partial charge in [0.1, 0.15) is 11.2 Å². The van der Waals surface area contributed by atoms with Crippen molar-refractivity contribution in [2.75, 3.05) is 13.2 Å². The first-order valence-corrected chi connectivity index (χ1v) is 11.7. The molecule has 1 atom stereocenters. The number of aromatic nitrogens is 1. The van der Waals surface area contributed by atoms with Gasteiger partial charge in [-0.2, -0.15) is 0 Å². The largest absolute Gasteiger partial charge is 0.379 e. The van der Waals surface area contributed by atoms with Gasteiger partial charge in [0.25, 0.3) is 5.91 Å². The molecule has 2 aromatic rings. The monoisotopic (exact) mass is 425 g/mol. The summed E-state index contributed by atoms with van der Waals surface area (Å²) in [4.78, 5) is 29.0. The molecular weight excluding hydrogens is 390 g/mol. The summed E-state index contributed by atoms with van der Waals surface area (Å²) in [5.74, 6) is -0.116. The number of ether oxygens (including phenoxy) is 1. The van der Waals surface area contributed by atoms with Crippen molar-refractivity contribution in [1.82, 2.24) is 14.8 Å². The van der Waals surface area contributed by atoms with Gasteiger partial charge in [-0.05, 0) is 52.2 Å². The summed E-state index contributed by atoms with van der Waals surface area (Å²) in [5, 5.41) is 4.32. The number of hydrogen-bond donors (Lipinski definition) is 1. The Kier molecular flexibility index (Phi) is 6.37. The Hall–Kier alpha value is -2.34. The fraction of sp³-hybridized carbons (Fsp3) is 0.600. The van der Waals surface area contributed by atoms with Gasteiger partial charge in [0.2, 0.25) is 5.91 Å². The molecule has 0 bridgehead atoms. The van der Waals surface area contributed by atoms with Gasteiger partial charge >= 0.3 is 0 Å². The quantitative estimate of drug-likeness (QED) is 0.679.